The molecule has 0 aliphatic rings. The molecule has 2 rings (SSSR count). The van der Waals surface area contributed by atoms with Crippen molar-refractivity contribution in [3.8, 4) is 6.19 Å². The van der Waals surface area contributed by atoms with Crippen LogP contribution in [0.15, 0.2) is 63.8 Å². The zero-order valence-corrected chi connectivity index (χ0v) is 17.1. The summed E-state index contributed by atoms with van der Waals surface area (Å²) in [5.41, 5.74) is 1.34. The number of nitrogens with zero attached hydrogens (tertiary/aromatic N) is 4. The predicted molar refractivity (Wildman–Crippen MR) is 111 cm³/mol. The molecular weight excluding hydrogens is 411 g/mol. The highest BCUT2D eigenvalue weighted by Crippen LogP contribution is 2.29. The molecule has 0 amide bonds. The number of nitriles is 1. The van der Waals surface area contributed by atoms with E-state index in [1.54, 1.807) is 37.4 Å². The number of alkyl halides is 3. The van der Waals surface area contributed by atoms with E-state index >= 15 is 0 Å². The zero-order valence-electron chi connectivity index (χ0n) is 17.1. The fraction of sp³-hybridized carbons (Fsp3) is 0.238. The van der Waals surface area contributed by atoms with Gasteiger partial charge in [-0.1, -0.05) is 46.7 Å². The van der Waals surface area contributed by atoms with E-state index in [1.165, 1.54) is 26.3 Å². The van der Waals surface area contributed by atoms with Gasteiger partial charge in [0.15, 0.2) is 17.7 Å². The number of amidine groups is 1. The molecule has 0 unspecified atom stereocenters. The molecule has 0 aliphatic carbocycles. The Balaban J connectivity index is 2.26. The Kier molecular flexibility index (Phi) is 8.14. The van der Waals surface area contributed by atoms with Crippen molar-refractivity contribution < 1.29 is 22.8 Å². The smallest absolute Gasteiger partial charge is 0.399 e. The van der Waals surface area contributed by atoms with Crippen molar-refractivity contribution in [1.82, 2.24) is 5.32 Å². The van der Waals surface area contributed by atoms with Gasteiger partial charge in [0.1, 0.15) is 13.7 Å². The van der Waals surface area contributed by atoms with Gasteiger partial charge in [-0.2, -0.15) is 18.4 Å². The van der Waals surface area contributed by atoms with Gasteiger partial charge in [0.2, 0.25) is 0 Å². The minimum Gasteiger partial charge on any atom is -0.399 e. The van der Waals surface area contributed by atoms with Crippen molar-refractivity contribution in [2.45, 2.75) is 19.7 Å². The predicted octanol–water partition coefficient (Wildman–Crippen LogP) is 4.10. The van der Waals surface area contributed by atoms with Crippen LogP contribution in [0.1, 0.15) is 29.2 Å². The molecule has 0 heterocycles. The number of hydrogen-bond acceptors (Lipinski definition) is 6. The van der Waals surface area contributed by atoms with Crippen LogP contribution in [-0.2, 0) is 22.5 Å². The van der Waals surface area contributed by atoms with Crippen LogP contribution in [0, 0.1) is 11.5 Å². The summed E-state index contributed by atoms with van der Waals surface area (Å²) in [6.45, 7) is 1.55. The van der Waals surface area contributed by atoms with Gasteiger partial charge in [0.05, 0.1) is 11.3 Å². The fourth-order valence-corrected chi connectivity index (χ4v) is 2.63. The Morgan fingerprint density at radius 1 is 1.13 bits per heavy atom. The molecule has 0 bridgehead atoms. The van der Waals surface area contributed by atoms with E-state index in [0.717, 1.165) is 12.1 Å². The van der Waals surface area contributed by atoms with Crippen molar-refractivity contribution in [3.05, 3.63) is 70.8 Å². The maximum absolute atomic E-state index is 12.9. The minimum absolute atomic E-state index is 0.00123. The van der Waals surface area contributed by atoms with Crippen LogP contribution in [0.2, 0.25) is 0 Å². The number of aliphatic imine (C=N–C) groups is 1. The van der Waals surface area contributed by atoms with Crippen LogP contribution < -0.4 is 5.32 Å². The molecule has 0 radical (unpaired) electrons. The maximum Gasteiger partial charge on any atom is 0.416 e. The van der Waals surface area contributed by atoms with E-state index in [1.807, 2.05) is 0 Å². The normalized spacial score (nSPS) is 12.9. The van der Waals surface area contributed by atoms with Gasteiger partial charge in [-0.3, -0.25) is 10.3 Å². The highest BCUT2D eigenvalue weighted by molar-refractivity contribution is 6.48. The summed E-state index contributed by atoms with van der Waals surface area (Å²) < 4.78 is 38.7. The molecule has 0 atom stereocenters. The van der Waals surface area contributed by atoms with Crippen molar-refractivity contribution in [3.63, 3.8) is 0 Å². The van der Waals surface area contributed by atoms with Crippen molar-refractivity contribution >= 4 is 17.3 Å². The molecule has 2 aromatic carbocycles. The van der Waals surface area contributed by atoms with Gasteiger partial charge in [-0.15, -0.1) is 0 Å². The summed E-state index contributed by atoms with van der Waals surface area (Å²) in [5.74, 6) is 0.195. The van der Waals surface area contributed by atoms with Crippen LogP contribution in [-0.4, -0.2) is 31.4 Å². The Bertz CT molecular complexity index is 1040. The molecule has 0 fully saturated rings. The van der Waals surface area contributed by atoms with E-state index in [4.69, 9.17) is 14.9 Å². The molecule has 0 aliphatic heterocycles. The summed E-state index contributed by atoms with van der Waals surface area (Å²) in [4.78, 5) is 14.3. The Hall–Kier alpha value is -3.87. The molecule has 2 aromatic rings. The van der Waals surface area contributed by atoms with Crippen molar-refractivity contribution in [1.29, 1.82) is 5.26 Å². The second kappa shape index (κ2) is 10.8. The summed E-state index contributed by atoms with van der Waals surface area (Å²) in [7, 11) is 2.86. The maximum atomic E-state index is 12.9. The Labute approximate surface area is 177 Å². The lowest BCUT2D eigenvalue weighted by atomic mass is 10.0. The first kappa shape index (κ1) is 23.4. The third-order valence-electron chi connectivity index (χ3n) is 4.11. The van der Waals surface area contributed by atoms with Gasteiger partial charge >= 0.3 is 6.18 Å². The molecule has 10 heteroatoms. The Morgan fingerprint density at radius 2 is 1.87 bits per heavy atom. The number of oxime groups is 2. The number of nitrogens with one attached hydrogen (secondary N) is 1. The zero-order chi connectivity index (χ0) is 22.9. The van der Waals surface area contributed by atoms with E-state index in [2.05, 4.69) is 20.6 Å². The van der Waals surface area contributed by atoms with Gasteiger partial charge in [-0.25, -0.2) is 0 Å². The average molecular weight is 431 g/mol. The third kappa shape index (κ3) is 6.30. The minimum atomic E-state index is -4.44. The van der Waals surface area contributed by atoms with Crippen molar-refractivity contribution in [2.75, 3.05) is 14.2 Å². The lowest BCUT2D eigenvalue weighted by Gasteiger charge is -2.12. The summed E-state index contributed by atoms with van der Waals surface area (Å²) >= 11 is 0. The molecule has 162 valence electrons. The number of rotatable bonds is 7. The standard InChI is InChI=1S/C21H20F3N5O2/c1-14(15-8-6-9-17(11-15)21(22,23)24)28-31-12-16-7-4-5-10-18(16)19(29-30-3)20(26-2)27-13-25/h4-11H,12H2,1-3H3,(H,26,27)/b28-14+,29-19+. The van der Waals surface area contributed by atoms with Crippen LogP contribution in [0.4, 0.5) is 13.2 Å². The van der Waals surface area contributed by atoms with Crippen LogP contribution in [0.3, 0.4) is 0 Å². The lowest BCUT2D eigenvalue weighted by molar-refractivity contribution is -0.137. The van der Waals surface area contributed by atoms with E-state index in [-0.39, 0.29) is 23.9 Å². The first-order valence-corrected chi connectivity index (χ1v) is 8.97. The molecule has 7 nitrogen and oxygen atoms in total. The third-order valence-corrected chi connectivity index (χ3v) is 4.11. The van der Waals surface area contributed by atoms with Gasteiger partial charge in [-0.05, 0) is 24.6 Å². The molecule has 0 spiro atoms. The molecule has 0 saturated heterocycles. The molecule has 0 aromatic heterocycles. The second-order valence-corrected chi connectivity index (χ2v) is 6.12. The molecule has 1 N–H and O–H groups in total. The van der Waals surface area contributed by atoms with Crippen LogP contribution >= 0.6 is 0 Å². The van der Waals surface area contributed by atoms with Gasteiger partial charge in [0.25, 0.3) is 0 Å². The summed E-state index contributed by atoms with van der Waals surface area (Å²) in [6.07, 6.45) is -2.65. The number of halogens is 3. The highest BCUT2D eigenvalue weighted by atomic mass is 19.4. The lowest BCUT2D eigenvalue weighted by Crippen LogP contribution is -2.29. The molecule has 0 saturated carbocycles. The van der Waals surface area contributed by atoms with Crippen molar-refractivity contribution in [2.24, 2.45) is 15.3 Å². The van der Waals surface area contributed by atoms with Crippen LogP contribution in [0.25, 0.3) is 0 Å². The number of benzene rings is 2. The van der Waals surface area contributed by atoms with Crippen LogP contribution in [0.5, 0.6) is 0 Å². The monoisotopic (exact) mass is 431 g/mol. The largest absolute Gasteiger partial charge is 0.416 e. The number of hydrogen-bond donors (Lipinski definition) is 1. The summed E-state index contributed by atoms with van der Waals surface area (Å²) in [6, 6.07) is 11.9. The second-order valence-electron chi connectivity index (χ2n) is 6.12. The highest BCUT2D eigenvalue weighted by Gasteiger charge is 2.30. The molecule has 31 heavy (non-hydrogen) atoms. The topological polar surface area (TPSA) is 91.4 Å². The first-order valence-electron chi connectivity index (χ1n) is 8.97. The SMILES string of the molecule is CN=C(NC#N)/C(=N/OC)c1ccccc1CO/N=C(\C)c1cccc(C(F)(F)F)c1. The van der Waals surface area contributed by atoms with Gasteiger partial charge in [0, 0.05) is 18.2 Å². The van der Waals surface area contributed by atoms with Gasteiger partial charge < -0.3 is 9.68 Å². The summed E-state index contributed by atoms with van der Waals surface area (Å²) in [5, 5.41) is 19.3. The molecular formula is C21H20F3N5O2. The first-order chi connectivity index (χ1) is 14.8. The quantitative estimate of drug-likeness (QED) is 0.235. The average Bonchev–Trinajstić information content (AvgIpc) is 2.76. The van der Waals surface area contributed by atoms with E-state index < -0.39 is 11.7 Å². The van der Waals surface area contributed by atoms with E-state index in [9.17, 15) is 13.2 Å². The van der Waals surface area contributed by atoms with E-state index in [0.29, 0.717) is 16.7 Å². The Morgan fingerprint density at radius 3 is 2.52 bits per heavy atom. The fourth-order valence-electron chi connectivity index (χ4n) is 2.63.